The maximum Gasteiger partial charge on any atom is 0.0842 e. The molecule has 1 atom stereocenters. The third kappa shape index (κ3) is 3.21. The maximum atomic E-state index is 6.75. The van der Waals surface area contributed by atoms with Gasteiger partial charge in [-0.3, -0.25) is 0 Å². The molecule has 0 aliphatic carbocycles. The van der Waals surface area contributed by atoms with Crippen LogP contribution < -0.4 is 0 Å². The zero-order valence-electron chi connectivity index (χ0n) is 10.8. The van der Waals surface area contributed by atoms with Crippen LogP contribution in [0.25, 0.3) is 10.8 Å². The highest BCUT2D eigenvalue weighted by atomic mass is 79.9. The van der Waals surface area contributed by atoms with Gasteiger partial charge in [0, 0.05) is 13.4 Å². The second kappa shape index (κ2) is 6.41. The van der Waals surface area contributed by atoms with Gasteiger partial charge in [0.15, 0.2) is 0 Å². The van der Waals surface area contributed by atoms with Crippen molar-refractivity contribution in [1.82, 2.24) is 0 Å². The van der Waals surface area contributed by atoms with Gasteiger partial charge < -0.3 is 0 Å². The highest BCUT2D eigenvalue weighted by Crippen LogP contribution is 2.38. The summed E-state index contributed by atoms with van der Waals surface area (Å²) < 4.78 is 3.11. The number of halogens is 4. The Bertz CT molecular complexity index is 794. The van der Waals surface area contributed by atoms with Crippen LogP contribution >= 0.6 is 59.4 Å². The van der Waals surface area contributed by atoms with Crippen molar-refractivity contribution >= 4 is 70.2 Å². The second-order valence-electron chi connectivity index (χ2n) is 4.75. The van der Waals surface area contributed by atoms with E-state index in [0.29, 0.717) is 0 Å². The summed E-state index contributed by atoms with van der Waals surface area (Å²) in [5.74, 6) is 0. The van der Waals surface area contributed by atoms with Gasteiger partial charge >= 0.3 is 0 Å². The molecule has 0 saturated heterocycles. The lowest BCUT2D eigenvalue weighted by molar-refractivity contribution is 1.15. The van der Waals surface area contributed by atoms with Gasteiger partial charge in [0.05, 0.1) is 5.38 Å². The molecular formula is C17H10Br3Cl. The van der Waals surface area contributed by atoms with Crippen LogP contribution in [0.15, 0.2) is 68.0 Å². The van der Waals surface area contributed by atoms with E-state index in [1.165, 1.54) is 10.8 Å². The van der Waals surface area contributed by atoms with Crippen LogP contribution in [0.1, 0.15) is 16.5 Å². The molecule has 3 aromatic carbocycles. The van der Waals surface area contributed by atoms with E-state index in [2.05, 4.69) is 84.2 Å². The molecule has 0 saturated carbocycles. The van der Waals surface area contributed by atoms with Crippen LogP contribution in [0, 0.1) is 0 Å². The van der Waals surface area contributed by atoms with Gasteiger partial charge in [0.25, 0.3) is 0 Å². The first-order chi connectivity index (χ1) is 10.1. The van der Waals surface area contributed by atoms with Gasteiger partial charge in [-0.25, -0.2) is 0 Å². The fourth-order valence-corrected chi connectivity index (χ4v) is 4.53. The Hall–Kier alpha value is -0.350. The highest BCUT2D eigenvalue weighted by molar-refractivity contribution is 9.11. The van der Waals surface area contributed by atoms with Crippen LogP contribution in [0.4, 0.5) is 0 Å². The minimum atomic E-state index is -0.197. The fourth-order valence-electron chi connectivity index (χ4n) is 2.41. The summed E-state index contributed by atoms with van der Waals surface area (Å²) in [6.45, 7) is 0. The average Bonchev–Trinajstić information content (AvgIpc) is 2.46. The maximum absolute atomic E-state index is 6.75. The van der Waals surface area contributed by atoms with E-state index in [4.69, 9.17) is 11.6 Å². The number of benzene rings is 3. The van der Waals surface area contributed by atoms with E-state index in [0.717, 1.165) is 24.5 Å². The molecule has 0 radical (unpaired) electrons. The molecule has 106 valence electrons. The van der Waals surface area contributed by atoms with Gasteiger partial charge in [-0.15, -0.1) is 11.6 Å². The molecule has 0 aromatic heterocycles. The topological polar surface area (TPSA) is 0 Å². The third-order valence-electron chi connectivity index (χ3n) is 3.36. The summed E-state index contributed by atoms with van der Waals surface area (Å²) in [5, 5.41) is 2.15. The zero-order valence-corrected chi connectivity index (χ0v) is 16.3. The molecule has 0 nitrogen and oxygen atoms in total. The fraction of sp³-hybridized carbons (Fsp3) is 0.0588. The van der Waals surface area contributed by atoms with Crippen molar-refractivity contribution in [1.29, 1.82) is 0 Å². The second-order valence-corrected chi connectivity index (χ2v) is 7.87. The van der Waals surface area contributed by atoms with Crippen molar-refractivity contribution in [3.05, 3.63) is 79.1 Å². The third-order valence-corrected chi connectivity index (χ3v) is 5.45. The summed E-state index contributed by atoms with van der Waals surface area (Å²) in [4.78, 5) is 0. The van der Waals surface area contributed by atoms with E-state index in [9.17, 15) is 0 Å². The van der Waals surface area contributed by atoms with Crippen LogP contribution in [0.2, 0.25) is 0 Å². The first kappa shape index (κ1) is 15.5. The number of alkyl halides is 1. The molecule has 4 heteroatoms. The van der Waals surface area contributed by atoms with Crippen LogP contribution in [0.3, 0.4) is 0 Å². The number of hydrogen-bond acceptors (Lipinski definition) is 0. The Morgan fingerprint density at radius 2 is 1.38 bits per heavy atom. The van der Waals surface area contributed by atoms with Crippen molar-refractivity contribution in [2.45, 2.75) is 5.38 Å². The Morgan fingerprint density at radius 3 is 2.05 bits per heavy atom. The van der Waals surface area contributed by atoms with Gasteiger partial charge in [-0.05, 0) is 46.2 Å². The largest absolute Gasteiger partial charge is 0.113 e. The zero-order chi connectivity index (χ0) is 15.0. The summed E-state index contributed by atoms with van der Waals surface area (Å²) in [6.07, 6.45) is 0. The molecule has 3 aromatic rings. The Labute approximate surface area is 153 Å². The van der Waals surface area contributed by atoms with E-state index in [1.54, 1.807) is 0 Å². The van der Waals surface area contributed by atoms with Gasteiger partial charge in [-0.1, -0.05) is 78.1 Å². The average molecular weight is 489 g/mol. The molecule has 0 heterocycles. The van der Waals surface area contributed by atoms with Crippen molar-refractivity contribution < 1.29 is 0 Å². The Kier molecular flexibility index (Phi) is 4.75. The summed E-state index contributed by atoms with van der Waals surface area (Å²) >= 11 is 17.4. The molecule has 0 N–H and O–H groups in total. The first-order valence-electron chi connectivity index (χ1n) is 6.33. The SMILES string of the molecule is ClC(c1cc(Br)cc(Br)c1)c1ccc(Br)c2ccccc12. The van der Waals surface area contributed by atoms with E-state index >= 15 is 0 Å². The van der Waals surface area contributed by atoms with Gasteiger partial charge in [0.1, 0.15) is 0 Å². The summed E-state index contributed by atoms with van der Waals surface area (Å²) in [5.41, 5.74) is 2.17. The lowest BCUT2D eigenvalue weighted by Gasteiger charge is -2.15. The van der Waals surface area contributed by atoms with Crippen LogP contribution in [-0.4, -0.2) is 0 Å². The quantitative estimate of drug-likeness (QED) is 0.328. The summed E-state index contributed by atoms with van der Waals surface area (Å²) in [6, 6.07) is 18.5. The Balaban J connectivity index is 2.18. The molecule has 0 aliphatic heterocycles. The lowest BCUT2D eigenvalue weighted by Crippen LogP contribution is -1.95. The normalized spacial score (nSPS) is 12.6. The van der Waals surface area contributed by atoms with Gasteiger partial charge in [0.2, 0.25) is 0 Å². The molecule has 0 fully saturated rings. The smallest absolute Gasteiger partial charge is 0.0842 e. The molecule has 21 heavy (non-hydrogen) atoms. The molecule has 1 unspecified atom stereocenters. The monoisotopic (exact) mass is 486 g/mol. The van der Waals surface area contributed by atoms with Crippen molar-refractivity contribution in [2.24, 2.45) is 0 Å². The van der Waals surface area contributed by atoms with Gasteiger partial charge in [-0.2, -0.15) is 0 Å². The van der Waals surface area contributed by atoms with Crippen LogP contribution in [0.5, 0.6) is 0 Å². The standard InChI is InChI=1S/C17H10Br3Cl/c18-11-7-10(8-12(19)9-11)17(21)15-5-6-16(20)14-4-2-1-3-13(14)15/h1-9,17H. The Morgan fingerprint density at radius 1 is 0.762 bits per heavy atom. The number of rotatable bonds is 2. The molecule has 3 rings (SSSR count). The molecular weight excluding hydrogens is 479 g/mol. The van der Waals surface area contributed by atoms with E-state index in [-0.39, 0.29) is 5.38 Å². The molecule has 0 bridgehead atoms. The van der Waals surface area contributed by atoms with E-state index < -0.39 is 0 Å². The minimum absolute atomic E-state index is 0.197. The minimum Gasteiger partial charge on any atom is -0.113 e. The number of hydrogen-bond donors (Lipinski definition) is 0. The highest BCUT2D eigenvalue weighted by Gasteiger charge is 2.15. The molecule has 0 aliphatic rings. The summed E-state index contributed by atoms with van der Waals surface area (Å²) in [7, 11) is 0. The van der Waals surface area contributed by atoms with Crippen molar-refractivity contribution in [3.63, 3.8) is 0 Å². The lowest BCUT2D eigenvalue weighted by atomic mass is 9.98. The van der Waals surface area contributed by atoms with Crippen molar-refractivity contribution in [3.8, 4) is 0 Å². The molecule has 0 amide bonds. The predicted octanol–water partition coefficient (Wildman–Crippen LogP) is 7.46. The van der Waals surface area contributed by atoms with E-state index in [1.807, 2.05) is 18.2 Å². The first-order valence-corrected chi connectivity index (χ1v) is 9.15. The van der Waals surface area contributed by atoms with Crippen LogP contribution in [-0.2, 0) is 0 Å². The number of fused-ring (bicyclic) bond motifs is 1. The van der Waals surface area contributed by atoms with Crippen molar-refractivity contribution in [2.75, 3.05) is 0 Å². The predicted molar refractivity (Wildman–Crippen MR) is 101 cm³/mol. The molecule has 0 spiro atoms.